The maximum Gasteiger partial charge on any atom is 0.333 e. The van der Waals surface area contributed by atoms with Crippen molar-refractivity contribution in [2.45, 2.75) is 33.6 Å². The fourth-order valence-corrected chi connectivity index (χ4v) is 2.46. The molecule has 21 heavy (non-hydrogen) atoms. The normalized spacial score (nSPS) is 13.8. The van der Waals surface area contributed by atoms with Crippen molar-refractivity contribution in [3.05, 3.63) is 12.2 Å². The minimum absolute atomic E-state index is 0.0345. The van der Waals surface area contributed by atoms with Gasteiger partial charge in [-0.3, -0.25) is 9.59 Å². The molecular formula is C15H24O6. The molecule has 0 heterocycles. The first-order chi connectivity index (χ1) is 9.54. The van der Waals surface area contributed by atoms with Crippen molar-refractivity contribution < 1.29 is 28.6 Å². The Labute approximate surface area is 125 Å². The quantitative estimate of drug-likeness (QED) is 0.406. The molecule has 120 valence electrons. The predicted molar refractivity (Wildman–Crippen MR) is 76.3 cm³/mol. The molecule has 0 spiro atoms. The Hall–Kier alpha value is -1.85. The van der Waals surface area contributed by atoms with Gasteiger partial charge in [0.15, 0.2) is 0 Å². The van der Waals surface area contributed by atoms with Crippen LogP contribution in [0, 0.1) is 10.8 Å². The number of hydrogen-bond donors (Lipinski definition) is 0. The van der Waals surface area contributed by atoms with Gasteiger partial charge < -0.3 is 14.2 Å². The molecule has 0 aromatic heterocycles. The highest BCUT2D eigenvalue weighted by atomic mass is 16.5. The topological polar surface area (TPSA) is 78.9 Å². The summed E-state index contributed by atoms with van der Waals surface area (Å²) in [5.74, 6) is -1.56. The van der Waals surface area contributed by atoms with Crippen LogP contribution in [-0.2, 0) is 28.6 Å². The first-order valence-electron chi connectivity index (χ1n) is 6.47. The Kier molecular flexibility index (Phi) is 6.60. The van der Waals surface area contributed by atoms with Crippen LogP contribution >= 0.6 is 0 Å². The molecule has 0 aromatic rings. The average molecular weight is 300 g/mol. The highest BCUT2D eigenvalue weighted by molar-refractivity contribution is 5.89. The number of esters is 3. The number of rotatable bonds is 7. The van der Waals surface area contributed by atoms with E-state index in [-0.39, 0.29) is 18.4 Å². The van der Waals surface area contributed by atoms with Crippen LogP contribution in [0.5, 0.6) is 0 Å². The van der Waals surface area contributed by atoms with Gasteiger partial charge in [-0.2, -0.15) is 0 Å². The molecule has 0 aliphatic carbocycles. The van der Waals surface area contributed by atoms with Crippen LogP contribution in [0.3, 0.4) is 0 Å². The van der Waals surface area contributed by atoms with Gasteiger partial charge in [0.2, 0.25) is 0 Å². The Bertz CT molecular complexity index is 437. The summed E-state index contributed by atoms with van der Waals surface area (Å²) in [6, 6.07) is 0. The summed E-state index contributed by atoms with van der Waals surface area (Å²) in [5.41, 5.74) is -1.85. The van der Waals surface area contributed by atoms with E-state index < -0.39 is 28.7 Å². The second kappa shape index (κ2) is 7.24. The van der Waals surface area contributed by atoms with Gasteiger partial charge in [0.05, 0.1) is 32.2 Å². The van der Waals surface area contributed by atoms with Crippen LogP contribution < -0.4 is 0 Å². The summed E-state index contributed by atoms with van der Waals surface area (Å²) in [4.78, 5) is 35.4. The van der Waals surface area contributed by atoms with E-state index in [1.54, 1.807) is 20.8 Å². The number of carbonyl (C=O) groups excluding carboxylic acids is 3. The smallest absolute Gasteiger partial charge is 0.333 e. The summed E-state index contributed by atoms with van der Waals surface area (Å²) in [6.07, 6.45) is 0.183. The number of carbonyl (C=O) groups is 3. The standard InChI is InChI=1S/C15H24O6/c1-10(11(16)19-5)8-15(4,13(18)21-7)9-14(2,3)12(17)20-6/h1,8-9H2,2-7H3. The highest BCUT2D eigenvalue weighted by Crippen LogP contribution is 2.40. The van der Waals surface area contributed by atoms with E-state index in [2.05, 4.69) is 11.3 Å². The molecule has 1 unspecified atom stereocenters. The van der Waals surface area contributed by atoms with Crippen molar-refractivity contribution in [3.63, 3.8) is 0 Å². The minimum Gasteiger partial charge on any atom is -0.469 e. The molecule has 1 atom stereocenters. The molecule has 0 radical (unpaired) electrons. The molecule has 0 N–H and O–H groups in total. The Morgan fingerprint density at radius 3 is 1.76 bits per heavy atom. The molecule has 0 rings (SSSR count). The van der Waals surface area contributed by atoms with Crippen molar-refractivity contribution in [2.24, 2.45) is 10.8 Å². The fourth-order valence-electron chi connectivity index (χ4n) is 2.46. The van der Waals surface area contributed by atoms with Crippen LogP contribution in [0.25, 0.3) is 0 Å². The zero-order valence-electron chi connectivity index (χ0n) is 13.6. The van der Waals surface area contributed by atoms with Gasteiger partial charge in [-0.05, 0) is 33.6 Å². The monoisotopic (exact) mass is 300 g/mol. The summed E-state index contributed by atoms with van der Waals surface area (Å²) in [5, 5.41) is 0. The molecule has 0 aromatic carbocycles. The van der Waals surface area contributed by atoms with Crippen LogP contribution in [0.2, 0.25) is 0 Å². The number of ether oxygens (including phenoxy) is 3. The third-order valence-corrected chi connectivity index (χ3v) is 3.33. The van der Waals surface area contributed by atoms with Crippen molar-refractivity contribution in [3.8, 4) is 0 Å². The predicted octanol–water partition coefficient (Wildman–Crippen LogP) is 1.87. The second-order valence-electron chi connectivity index (χ2n) is 5.88. The molecule has 0 amide bonds. The lowest BCUT2D eigenvalue weighted by atomic mass is 9.71. The van der Waals surface area contributed by atoms with Crippen molar-refractivity contribution in [1.29, 1.82) is 0 Å². The van der Waals surface area contributed by atoms with Gasteiger partial charge in [-0.1, -0.05) is 6.58 Å². The third kappa shape index (κ3) is 4.88. The van der Waals surface area contributed by atoms with E-state index in [1.807, 2.05) is 0 Å². The first-order valence-corrected chi connectivity index (χ1v) is 6.47. The lowest BCUT2D eigenvalue weighted by Gasteiger charge is -2.33. The number of methoxy groups -OCH3 is 3. The van der Waals surface area contributed by atoms with Gasteiger partial charge in [0, 0.05) is 5.57 Å². The van der Waals surface area contributed by atoms with Gasteiger partial charge in [0.25, 0.3) is 0 Å². The lowest BCUT2D eigenvalue weighted by Crippen LogP contribution is -2.39. The lowest BCUT2D eigenvalue weighted by molar-refractivity contribution is -0.159. The molecule has 0 saturated heterocycles. The molecule has 6 heteroatoms. The van der Waals surface area contributed by atoms with Gasteiger partial charge in [-0.25, -0.2) is 4.79 Å². The van der Waals surface area contributed by atoms with Gasteiger partial charge >= 0.3 is 17.9 Å². The summed E-state index contributed by atoms with van der Waals surface area (Å²) < 4.78 is 14.1. The SMILES string of the molecule is C=C(CC(C)(CC(C)(C)C(=O)OC)C(=O)OC)C(=O)OC. The van der Waals surface area contributed by atoms with E-state index in [0.717, 1.165) is 0 Å². The fraction of sp³-hybridized carbons (Fsp3) is 0.667. The molecule has 6 nitrogen and oxygen atoms in total. The summed E-state index contributed by atoms with van der Waals surface area (Å²) >= 11 is 0. The highest BCUT2D eigenvalue weighted by Gasteiger charge is 2.44. The van der Waals surface area contributed by atoms with E-state index in [4.69, 9.17) is 9.47 Å². The molecule has 0 aliphatic rings. The zero-order valence-corrected chi connectivity index (χ0v) is 13.6. The van der Waals surface area contributed by atoms with Crippen LogP contribution in [0.1, 0.15) is 33.6 Å². The average Bonchev–Trinajstić information content (AvgIpc) is 2.43. The Morgan fingerprint density at radius 1 is 0.905 bits per heavy atom. The molecule has 0 fully saturated rings. The maximum absolute atomic E-state index is 12.1. The van der Waals surface area contributed by atoms with E-state index >= 15 is 0 Å². The first kappa shape index (κ1) is 19.1. The van der Waals surface area contributed by atoms with Crippen molar-refractivity contribution >= 4 is 17.9 Å². The van der Waals surface area contributed by atoms with Gasteiger partial charge in [0.1, 0.15) is 0 Å². The maximum atomic E-state index is 12.1. The van der Waals surface area contributed by atoms with Gasteiger partial charge in [-0.15, -0.1) is 0 Å². The Balaban J connectivity index is 5.37. The number of hydrogen-bond acceptors (Lipinski definition) is 6. The van der Waals surface area contributed by atoms with Crippen molar-refractivity contribution in [1.82, 2.24) is 0 Å². The zero-order chi connectivity index (χ0) is 16.8. The van der Waals surface area contributed by atoms with Crippen LogP contribution in [-0.4, -0.2) is 39.2 Å². The largest absolute Gasteiger partial charge is 0.469 e. The summed E-state index contributed by atoms with van der Waals surface area (Å²) in [7, 11) is 3.78. The molecule has 0 bridgehead atoms. The van der Waals surface area contributed by atoms with E-state index in [9.17, 15) is 14.4 Å². The van der Waals surface area contributed by atoms with Crippen molar-refractivity contribution in [2.75, 3.05) is 21.3 Å². The van der Waals surface area contributed by atoms with E-state index in [1.165, 1.54) is 21.3 Å². The second-order valence-corrected chi connectivity index (χ2v) is 5.88. The summed E-state index contributed by atoms with van der Waals surface area (Å²) in [6.45, 7) is 8.58. The third-order valence-electron chi connectivity index (χ3n) is 3.33. The molecule has 0 aliphatic heterocycles. The molecule has 0 saturated carbocycles. The molecular weight excluding hydrogens is 276 g/mol. The minimum atomic E-state index is -1.09. The van der Waals surface area contributed by atoms with Crippen LogP contribution in [0.15, 0.2) is 12.2 Å². The van der Waals surface area contributed by atoms with E-state index in [0.29, 0.717) is 0 Å². The van der Waals surface area contributed by atoms with Crippen LogP contribution in [0.4, 0.5) is 0 Å². The Morgan fingerprint density at radius 2 is 1.38 bits per heavy atom.